The monoisotopic (exact) mass is 201 g/mol. The molecule has 0 aromatic heterocycles. The molecule has 0 aliphatic rings. The molecule has 0 saturated carbocycles. The second-order valence-electron chi connectivity index (χ2n) is 3.27. The number of hydrogen-bond acceptors (Lipinski definition) is 3. The van der Waals surface area contributed by atoms with Gasteiger partial charge in [0.2, 0.25) is 0 Å². The number of carbonyl (C=O) groups is 1. The Morgan fingerprint density at radius 1 is 1.29 bits per heavy atom. The van der Waals surface area contributed by atoms with Gasteiger partial charge >= 0.3 is 0 Å². The van der Waals surface area contributed by atoms with Crippen LogP contribution in [-0.2, 0) is 4.79 Å². The minimum atomic E-state index is -0.950. The van der Waals surface area contributed by atoms with Gasteiger partial charge in [-0.15, -0.1) is 0 Å². The number of carbonyl (C=O) groups excluding carboxylic acids is 1. The van der Waals surface area contributed by atoms with Crippen molar-refractivity contribution in [2.24, 2.45) is 0 Å². The highest BCUT2D eigenvalue weighted by Gasteiger charge is 2.26. The molecule has 2 unspecified atom stereocenters. The molecule has 0 rings (SSSR count). The normalized spacial score (nSPS) is 14.6. The van der Waals surface area contributed by atoms with Crippen molar-refractivity contribution in [1.29, 1.82) is 0 Å². The topological polar surface area (TPSA) is 60.8 Å². The Kier molecular flexibility index (Phi) is 5.42. The van der Waals surface area contributed by atoms with Crippen LogP contribution >= 0.6 is 0 Å². The molecule has 0 aliphatic heterocycles. The van der Waals surface area contributed by atoms with Crippen LogP contribution in [0, 0.1) is 0 Å². The maximum Gasteiger partial charge on any atom is 0.252 e. The molecule has 4 nitrogen and oxygen atoms in total. The van der Waals surface area contributed by atoms with Crippen LogP contribution in [0.3, 0.4) is 0 Å². The Bertz CT molecular complexity index is 205. The van der Waals surface area contributed by atoms with Gasteiger partial charge in [-0.25, -0.2) is 0 Å². The first-order valence-electron chi connectivity index (χ1n) is 4.79. The highest BCUT2D eigenvalue weighted by Crippen LogP contribution is 2.11. The highest BCUT2D eigenvalue weighted by molar-refractivity contribution is 5.92. The van der Waals surface area contributed by atoms with Gasteiger partial charge in [-0.05, 0) is 19.8 Å². The zero-order valence-corrected chi connectivity index (χ0v) is 9.03. The van der Waals surface area contributed by atoms with Crippen LogP contribution in [0.4, 0.5) is 0 Å². The van der Waals surface area contributed by atoms with E-state index in [2.05, 4.69) is 6.58 Å². The van der Waals surface area contributed by atoms with Crippen LogP contribution in [0.15, 0.2) is 12.2 Å². The van der Waals surface area contributed by atoms with Crippen LogP contribution in [0.25, 0.3) is 0 Å². The Morgan fingerprint density at radius 3 is 1.86 bits per heavy atom. The number of amides is 1. The number of aliphatic hydroxyl groups excluding tert-OH is 2. The van der Waals surface area contributed by atoms with Gasteiger partial charge in [0.1, 0.15) is 12.5 Å². The summed E-state index contributed by atoms with van der Waals surface area (Å²) in [4.78, 5) is 12.6. The van der Waals surface area contributed by atoms with Crippen molar-refractivity contribution in [1.82, 2.24) is 4.90 Å². The molecule has 0 fully saturated rings. The molecule has 0 aliphatic carbocycles. The fourth-order valence-electron chi connectivity index (χ4n) is 1.08. The second-order valence-corrected chi connectivity index (χ2v) is 3.27. The highest BCUT2D eigenvalue weighted by atomic mass is 16.3. The van der Waals surface area contributed by atoms with Crippen molar-refractivity contribution in [2.75, 3.05) is 0 Å². The van der Waals surface area contributed by atoms with E-state index in [1.165, 1.54) is 0 Å². The van der Waals surface area contributed by atoms with Gasteiger partial charge in [0, 0.05) is 5.57 Å². The Balaban J connectivity index is 4.71. The molecule has 0 spiro atoms. The van der Waals surface area contributed by atoms with E-state index in [0.717, 1.165) is 4.90 Å². The smallest absolute Gasteiger partial charge is 0.252 e. The lowest BCUT2D eigenvalue weighted by Gasteiger charge is -2.31. The summed E-state index contributed by atoms with van der Waals surface area (Å²) in [6.45, 7) is 8.54. The van der Waals surface area contributed by atoms with Crippen molar-refractivity contribution in [3.05, 3.63) is 12.2 Å². The SMILES string of the molecule is C=C(C)C(=O)N(C(O)CC)C(O)CC. The van der Waals surface area contributed by atoms with Crippen LogP contribution < -0.4 is 0 Å². The van der Waals surface area contributed by atoms with Gasteiger partial charge in [0.05, 0.1) is 0 Å². The number of nitrogens with zero attached hydrogens (tertiary/aromatic N) is 1. The summed E-state index contributed by atoms with van der Waals surface area (Å²) >= 11 is 0. The lowest BCUT2D eigenvalue weighted by molar-refractivity contribution is -0.156. The van der Waals surface area contributed by atoms with E-state index in [9.17, 15) is 15.0 Å². The molecule has 2 N–H and O–H groups in total. The van der Waals surface area contributed by atoms with Crippen molar-refractivity contribution < 1.29 is 15.0 Å². The summed E-state index contributed by atoms with van der Waals surface area (Å²) in [7, 11) is 0. The minimum Gasteiger partial charge on any atom is -0.373 e. The van der Waals surface area contributed by atoms with Gasteiger partial charge in [0.15, 0.2) is 0 Å². The number of aliphatic hydroxyl groups is 2. The average Bonchev–Trinajstić information content (AvgIpc) is 2.16. The number of rotatable bonds is 5. The molecule has 0 radical (unpaired) electrons. The first-order chi connectivity index (χ1) is 6.45. The molecule has 82 valence electrons. The zero-order chi connectivity index (χ0) is 11.3. The molecule has 0 heterocycles. The molecule has 1 amide bonds. The Labute approximate surface area is 84.8 Å². The third kappa shape index (κ3) is 3.12. The second kappa shape index (κ2) is 5.78. The molecule has 0 aromatic carbocycles. The van der Waals surface area contributed by atoms with Crippen LogP contribution in [0.5, 0.6) is 0 Å². The fourth-order valence-corrected chi connectivity index (χ4v) is 1.08. The van der Waals surface area contributed by atoms with Gasteiger partial charge in [-0.3, -0.25) is 9.69 Å². The van der Waals surface area contributed by atoms with E-state index in [1.807, 2.05) is 0 Å². The van der Waals surface area contributed by atoms with Crippen LogP contribution in [-0.4, -0.2) is 33.5 Å². The molecule has 4 heteroatoms. The van der Waals surface area contributed by atoms with E-state index in [0.29, 0.717) is 18.4 Å². The summed E-state index contributed by atoms with van der Waals surface area (Å²) in [6.07, 6.45) is -1.13. The fraction of sp³-hybridized carbons (Fsp3) is 0.700. The largest absolute Gasteiger partial charge is 0.373 e. The summed E-state index contributed by atoms with van der Waals surface area (Å²) in [5, 5.41) is 19.1. The Morgan fingerprint density at radius 2 is 1.64 bits per heavy atom. The standard InChI is InChI=1S/C10H19NO3/c1-5-8(12)11(9(13)6-2)10(14)7(3)4/h8-9,12-13H,3,5-6H2,1-2,4H3. The van der Waals surface area contributed by atoms with E-state index < -0.39 is 18.4 Å². The molecule has 14 heavy (non-hydrogen) atoms. The number of hydrogen-bond donors (Lipinski definition) is 2. The Hall–Kier alpha value is -0.870. The molecular formula is C10H19NO3. The van der Waals surface area contributed by atoms with Crippen LogP contribution in [0.1, 0.15) is 33.6 Å². The average molecular weight is 201 g/mol. The predicted octanol–water partition coefficient (Wildman–Crippen LogP) is 0.848. The molecule has 0 bridgehead atoms. The lowest BCUT2D eigenvalue weighted by atomic mass is 10.2. The van der Waals surface area contributed by atoms with Crippen molar-refractivity contribution >= 4 is 5.91 Å². The van der Waals surface area contributed by atoms with Crippen molar-refractivity contribution in [2.45, 2.75) is 46.1 Å². The quantitative estimate of drug-likeness (QED) is 0.512. The third-order valence-corrected chi connectivity index (χ3v) is 1.97. The van der Waals surface area contributed by atoms with Gasteiger partial charge in [-0.2, -0.15) is 0 Å². The molecule has 0 aromatic rings. The van der Waals surface area contributed by atoms with Crippen LogP contribution in [0.2, 0.25) is 0 Å². The minimum absolute atomic E-state index is 0.310. The van der Waals surface area contributed by atoms with Crippen molar-refractivity contribution in [3.8, 4) is 0 Å². The predicted molar refractivity (Wildman–Crippen MR) is 54.3 cm³/mol. The van der Waals surface area contributed by atoms with Crippen molar-refractivity contribution in [3.63, 3.8) is 0 Å². The van der Waals surface area contributed by atoms with E-state index in [1.54, 1.807) is 20.8 Å². The van der Waals surface area contributed by atoms with Gasteiger partial charge < -0.3 is 10.2 Å². The third-order valence-electron chi connectivity index (χ3n) is 1.97. The molecule has 2 atom stereocenters. The molecule has 0 saturated heterocycles. The maximum absolute atomic E-state index is 11.6. The lowest BCUT2D eigenvalue weighted by Crippen LogP contribution is -2.47. The van der Waals surface area contributed by atoms with E-state index >= 15 is 0 Å². The summed E-state index contributed by atoms with van der Waals surface area (Å²) < 4.78 is 0. The van der Waals surface area contributed by atoms with E-state index in [-0.39, 0.29) is 0 Å². The van der Waals surface area contributed by atoms with E-state index in [4.69, 9.17) is 0 Å². The first kappa shape index (κ1) is 13.1. The first-order valence-corrected chi connectivity index (χ1v) is 4.79. The summed E-state index contributed by atoms with van der Waals surface area (Å²) in [5.41, 5.74) is 0.310. The maximum atomic E-state index is 11.6. The summed E-state index contributed by atoms with van der Waals surface area (Å²) in [5.74, 6) is -0.409. The summed E-state index contributed by atoms with van der Waals surface area (Å²) in [6, 6.07) is 0. The van der Waals surface area contributed by atoms with Gasteiger partial charge in [0.25, 0.3) is 5.91 Å². The molecular weight excluding hydrogens is 182 g/mol. The zero-order valence-electron chi connectivity index (χ0n) is 9.03. The van der Waals surface area contributed by atoms with Gasteiger partial charge in [-0.1, -0.05) is 20.4 Å².